The highest BCUT2D eigenvalue weighted by atomic mass is 32.2. The van der Waals surface area contributed by atoms with Crippen LogP contribution in [0.3, 0.4) is 0 Å². The summed E-state index contributed by atoms with van der Waals surface area (Å²) in [6.45, 7) is 0.505. The fraction of sp³-hybridized carbons (Fsp3) is 0.385. The van der Waals surface area contributed by atoms with Gasteiger partial charge in [-0.25, -0.2) is 0 Å². The molecular formula is C26H29N3O3S. The number of aromatic amines is 1. The number of rotatable bonds is 5. The number of fused-ring (bicyclic) bond motifs is 1. The van der Waals surface area contributed by atoms with E-state index in [0.29, 0.717) is 23.7 Å². The Morgan fingerprint density at radius 1 is 0.939 bits per heavy atom. The van der Waals surface area contributed by atoms with Crippen LogP contribution in [0.5, 0.6) is 5.75 Å². The maximum Gasteiger partial charge on any atom is 0.270 e. The summed E-state index contributed by atoms with van der Waals surface area (Å²) in [6, 6.07) is 18.2. The minimum absolute atomic E-state index is 0.0621. The molecule has 1 atom stereocenters. The van der Waals surface area contributed by atoms with Crippen molar-refractivity contribution in [3.05, 3.63) is 81.6 Å². The summed E-state index contributed by atoms with van der Waals surface area (Å²) in [6.07, 6.45) is 6.81. The molecule has 1 amide bonds. The Balaban J connectivity index is 1.41. The van der Waals surface area contributed by atoms with Gasteiger partial charge in [-0.3, -0.25) is 19.4 Å². The van der Waals surface area contributed by atoms with Crippen molar-refractivity contribution in [1.82, 2.24) is 9.78 Å². The number of aromatic nitrogens is 2. The lowest BCUT2D eigenvalue weighted by Gasteiger charge is -2.19. The van der Waals surface area contributed by atoms with Crippen LogP contribution in [0, 0.1) is 0 Å². The van der Waals surface area contributed by atoms with Crippen LogP contribution < -0.4 is 15.6 Å². The Hall–Kier alpha value is -2.93. The Labute approximate surface area is 197 Å². The molecule has 5 rings (SSSR count). The molecule has 33 heavy (non-hydrogen) atoms. The van der Waals surface area contributed by atoms with Gasteiger partial charge in [0.15, 0.2) is 0 Å². The quantitative estimate of drug-likeness (QED) is 0.495. The SMILES string of the molecule is O=C1CS[C@H](c2ccc(OCc3ccccc3)cc2)c2c(n(C3CCCCCC3)[nH]c2=O)N1. The molecule has 0 bridgehead atoms. The number of ether oxygens (including phenoxy) is 1. The van der Waals surface area contributed by atoms with Crippen LogP contribution in [-0.2, 0) is 11.4 Å². The van der Waals surface area contributed by atoms with Crippen molar-refractivity contribution in [2.45, 2.75) is 56.4 Å². The molecule has 1 aliphatic heterocycles. The van der Waals surface area contributed by atoms with E-state index in [9.17, 15) is 9.59 Å². The zero-order chi connectivity index (χ0) is 22.6. The maximum absolute atomic E-state index is 13.1. The van der Waals surface area contributed by atoms with Gasteiger partial charge in [0.1, 0.15) is 18.2 Å². The number of nitrogens with zero attached hydrogens (tertiary/aromatic N) is 1. The van der Waals surface area contributed by atoms with Crippen molar-refractivity contribution in [1.29, 1.82) is 0 Å². The Morgan fingerprint density at radius 2 is 1.67 bits per heavy atom. The number of hydrogen-bond acceptors (Lipinski definition) is 4. The van der Waals surface area contributed by atoms with Gasteiger partial charge in [0.2, 0.25) is 5.91 Å². The molecule has 6 nitrogen and oxygen atoms in total. The molecule has 0 spiro atoms. The van der Waals surface area contributed by atoms with E-state index in [2.05, 4.69) is 10.4 Å². The summed E-state index contributed by atoms with van der Waals surface area (Å²) in [5, 5.41) is 5.87. The number of thioether (sulfide) groups is 1. The Morgan fingerprint density at radius 3 is 2.39 bits per heavy atom. The smallest absolute Gasteiger partial charge is 0.270 e. The molecule has 2 heterocycles. The third-order valence-corrected chi connectivity index (χ3v) is 7.75. The van der Waals surface area contributed by atoms with E-state index in [4.69, 9.17) is 4.74 Å². The second-order valence-electron chi connectivity index (χ2n) is 8.80. The minimum Gasteiger partial charge on any atom is -0.489 e. The molecule has 3 aromatic rings. The van der Waals surface area contributed by atoms with E-state index in [1.165, 1.54) is 24.6 Å². The van der Waals surface area contributed by atoms with Gasteiger partial charge < -0.3 is 10.1 Å². The largest absolute Gasteiger partial charge is 0.489 e. The summed E-state index contributed by atoms with van der Waals surface area (Å²) in [7, 11) is 0. The van der Waals surface area contributed by atoms with E-state index in [-0.39, 0.29) is 22.8 Å². The predicted octanol–water partition coefficient (Wildman–Crippen LogP) is 5.43. The average Bonchev–Trinajstić information content (AvgIpc) is 3.04. The van der Waals surface area contributed by atoms with Crippen molar-refractivity contribution >= 4 is 23.5 Å². The molecule has 0 unspecified atom stereocenters. The summed E-state index contributed by atoms with van der Waals surface area (Å²) in [4.78, 5) is 25.6. The maximum atomic E-state index is 13.1. The number of carbonyl (C=O) groups excluding carboxylic acids is 1. The molecule has 1 saturated carbocycles. The number of benzene rings is 2. The highest BCUT2D eigenvalue weighted by Crippen LogP contribution is 2.41. The van der Waals surface area contributed by atoms with Crippen LogP contribution in [0.15, 0.2) is 59.4 Å². The van der Waals surface area contributed by atoms with Gasteiger partial charge in [0, 0.05) is 0 Å². The number of amides is 1. The van der Waals surface area contributed by atoms with E-state index in [1.807, 2.05) is 59.3 Å². The van der Waals surface area contributed by atoms with Gasteiger partial charge in [0.25, 0.3) is 5.56 Å². The standard InChI is InChI=1S/C26H29N3O3S/c30-22-17-33-24(19-12-14-21(15-13-19)32-16-18-8-4-3-5-9-18)23-25(27-22)29(28-26(23)31)20-10-6-1-2-7-11-20/h3-5,8-9,12-15,20,24H,1-2,6-7,10-11,16-17H2,(H,27,30)(H,28,31)/t24-/m1/s1. The van der Waals surface area contributed by atoms with Gasteiger partial charge >= 0.3 is 0 Å². The molecule has 2 N–H and O–H groups in total. The first-order chi connectivity index (χ1) is 16.2. The number of carbonyl (C=O) groups is 1. The van der Waals surface area contributed by atoms with Gasteiger partial charge in [-0.15, -0.1) is 11.8 Å². The van der Waals surface area contributed by atoms with Crippen LogP contribution in [0.25, 0.3) is 0 Å². The van der Waals surface area contributed by atoms with E-state index in [0.717, 1.165) is 42.6 Å². The molecule has 2 aliphatic rings. The van der Waals surface area contributed by atoms with Crippen LogP contribution in [-0.4, -0.2) is 21.4 Å². The second kappa shape index (κ2) is 9.91. The van der Waals surface area contributed by atoms with Crippen molar-refractivity contribution in [2.24, 2.45) is 0 Å². The monoisotopic (exact) mass is 463 g/mol. The van der Waals surface area contributed by atoms with Crippen molar-refractivity contribution in [3.8, 4) is 5.75 Å². The first-order valence-electron chi connectivity index (χ1n) is 11.7. The van der Waals surface area contributed by atoms with Crippen molar-refractivity contribution in [2.75, 3.05) is 11.1 Å². The number of nitrogens with one attached hydrogen (secondary N) is 2. The lowest BCUT2D eigenvalue weighted by atomic mass is 10.1. The molecule has 1 aliphatic carbocycles. The van der Waals surface area contributed by atoms with Gasteiger partial charge in [-0.05, 0) is 36.1 Å². The molecular weight excluding hydrogens is 434 g/mol. The predicted molar refractivity (Wildman–Crippen MR) is 132 cm³/mol. The highest BCUT2D eigenvalue weighted by Gasteiger charge is 2.32. The van der Waals surface area contributed by atoms with E-state index in [1.54, 1.807) is 0 Å². The highest BCUT2D eigenvalue weighted by molar-refractivity contribution is 8.00. The first-order valence-corrected chi connectivity index (χ1v) is 12.8. The molecule has 0 radical (unpaired) electrons. The van der Waals surface area contributed by atoms with Crippen LogP contribution in [0.4, 0.5) is 5.82 Å². The summed E-state index contributed by atoms with van der Waals surface area (Å²) in [5.41, 5.74) is 2.64. The van der Waals surface area contributed by atoms with E-state index >= 15 is 0 Å². The topological polar surface area (TPSA) is 76.1 Å². The zero-order valence-corrected chi connectivity index (χ0v) is 19.4. The summed E-state index contributed by atoms with van der Waals surface area (Å²) in [5.74, 6) is 1.68. The fourth-order valence-corrected chi connectivity index (χ4v) is 5.90. The second-order valence-corrected chi connectivity index (χ2v) is 9.89. The van der Waals surface area contributed by atoms with Gasteiger partial charge in [0.05, 0.1) is 22.6 Å². The molecule has 7 heteroatoms. The minimum atomic E-state index is -0.210. The zero-order valence-electron chi connectivity index (χ0n) is 18.6. The number of anilines is 1. The number of hydrogen-bond donors (Lipinski definition) is 2. The normalized spacial score (nSPS) is 19.3. The molecule has 0 saturated heterocycles. The van der Waals surface area contributed by atoms with Crippen molar-refractivity contribution < 1.29 is 9.53 Å². The molecule has 2 aromatic carbocycles. The van der Waals surface area contributed by atoms with Crippen molar-refractivity contribution in [3.63, 3.8) is 0 Å². The third kappa shape index (κ3) is 4.88. The Kier molecular flexibility index (Phi) is 6.58. The number of H-pyrrole nitrogens is 1. The lowest BCUT2D eigenvalue weighted by molar-refractivity contribution is -0.113. The third-order valence-electron chi connectivity index (χ3n) is 6.48. The first kappa shape index (κ1) is 21.9. The molecule has 172 valence electrons. The molecule has 1 fully saturated rings. The van der Waals surface area contributed by atoms with E-state index < -0.39 is 0 Å². The fourth-order valence-electron chi connectivity index (χ4n) is 4.78. The van der Waals surface area contributed by atoms with Crippen LogP contribution in [0.2, 0.25) is 0 Å². The van der Waals surface area contributed by atoms with Gasteiger partial charge in [-0.1, -0.05) is 68.1 Å². The Bertz CT molecular complexity index is 1150. The van der Waals surface area contributed by atoms with Crippen LogP contribution in [0.1, 0.15) is 66.5 Å². The lowest BCUT2D eigenvalue weighted by Crippen LogP contribution is -2.19. The summed E-state index contributed by atoms with van der Waals surface area (Å²) < 4.78 is 7.86. The summed E-state index contributed by atoms with van der Waals surface area (Å²) >= 11 is 1.50. The average molecular weight is 464 g/mol. The molecule has 1 aromatic heterocycles. The van der Waals surface area contributed by atoms with Crippen LogP contribution >= 0.6 is 11.8 Å². The van der Waals surface area contributed by atoms with Gasteiger partial charge in [-0.2, -0.15) is 0 Å².